The molecule has 0 aliphatic carbocycles. The van der Waals surface area contributed by atoms with Gasteiger partial charge in [0.25, 0.3) is 0 Å². The van der Waals surface area contributed by atoms with Crippen molar-refractivity contribution in [3.8, 4) is 0 Å². The van der Waals surface area contributed by atoms with Crippen LogP contribution < -0.4 is 27.4 Å². The highest BCUT2D eigenvalue weighted by atomic mass is 15.1. The summed E-state index contributed by atoms with van der Waals surface area (Å²) in [6.07, 6.45) is 8.06. The van der Waals surface area contributed by atoms with Gasteiger partial charge in [0, 0.05) is 48.3 Å². The summed E-state index contributed by atoms with van der Waals surface area (Å²) in [6.45, 7) is 9.08. The van der Waals surface area contributed by atoms with Crippen molar-refractivity contribution >= 4 is 0 Å². The summed E-state index contributed by atoms with van der Waals surface area (Å²) in [6, 6.07) is 44.7. The van der Waals surface area contributed by atoms with Crippen LogP contribution >= 0.6 is 0 Å². The lowest BCUT2D eigenvalue weighted by molar-refractivity contribution is 0.254. The van der Waals surface area contributed by atoms with Crippen molar-refractivity contribution in [1.82, 2.24) is 16.0 Å². The molecule has 7 N–H and O–H groups in total. The number of benzene rings is 4. The van der Waals surface area contributed by atoms with Crippen LogP contribution in [0, 0.1) is 0 Å². The van der Waals surface area contributed by atoms with Crippen molar-refractivity contribution in [2.75, 3.05) is 0 Å². The highest BCUT2D eigenvalue weighted by Gasteiger charge is 2.28. The van der Waals surface area contributed by atoms with Crippen molar-refractivity contribution in [2.45, 2.75) is 127 Å². The highest BCUT2D eigenvalue weighted by molar-refractivity contribution is 5.18. The van der Waals surface area contributed by atoms with Crippen LogP contribution in [0.5, 0.6) is 0 Å². The van der Waals surface area contributed by atoms with Gasteiger partial charge in [-0.15, -0.1) is 0 Å². The molecule has 0 bridgehead atoms. The van der Waals surface area contributed by atoms with E-state index in [9.17, 15) is 0 Å². The number of aryl methyl sites for hydroxylation is 4. The van der Waals surface area contributed by atoms with E-state index in [0.29, 0.717) is 0 Å². The molecule has 49 heavy (non-hydrogen) atoms. The van der Waals surface area contributed by atoms with E-state index in [-0.39, 0.29) is 48.3 Å². The predicted molar refractivity (Wildman–Crippen MR) is 210 cm³/mol. The third kappa shape index (κ3) is 13.8. The molecule has 0 spiro atoms. The first-order chi connectivity index (χ1) is 23.8. The van der Waals surface area contributed by atoms with E-state index in [1.54, 1.807) is 0 Å². The summed E-state index contributed by atoms with van der Waals surface area (Å²) < 4.78 is 0. The van der Waals surface area contributed by atoms with E-state index in [1.807, 2.05) is 0 Å². The third-order valence-corrected chi connectivity index (χ3v) is 10.3. The van der Waals surface area contributed by atoms with Crippen molar-refractivity contribution in [1.29, 1.82) is 0 Å². The maximum Gasteiger partial charge on any atom is 0.0224 e. The molecule has 0 aliphatic rings. The van der Waals surface area contributed by atoms with Crippen LogP contribution in [0.3, 0.4) is 0 Å². The van der Waals surface area contributed by atoms with Gasteiger partial charge in [-0.25, -0.2) is 0 Å². The highest BCUT2D eigenvalue weighted by Crippen LogP contribution is 2.16. The van der Waals surface area contributed by atoms with Crippen molar-refractivity contribution in [3.63, 3.8) is 0 Å². The van der Waals surface area contributed by atoms with Gasteiger partial charge in [0.1, 0.15) is 0 Å². The maximum atomic E-state index is 6.83. The van der Waals surface area contributed by atoms with Gasteiger partial charge in [-0.1, -0.05) is 121 Å². The summed E-state index contributed by atoms with van der Waals surface area (Å²) in [5.41, 5.74) is 18.9. The number of nitrogens with two attached hydrogens (primary N) is 2. The first kappa shape index (κ1) is 38.5. The zero-order valence-electron chi connectivity index (χ0n) is 30.5. The van der Waals surface area contributed by atoms with E-state index in [0.717, 1.165) is 51.4 Å². The molecule has 0 saturated carbocycles. The Balaban J connectivity index is 1.46. The molecule has 5 heteroatoms. The zero-order chi connectivity index (χ0) is 34.8. The lowest BCUT2D eigenvalue weighted by atomic mass is 9.93. The molecule has 0 radical (unpaired) electrons. The van der Waals surface area contributed by atoms with Gasteiger partial charge in [0.05, 0.1) is 0 Å². The summed E-state index contributed by atoms with van der Waals surface area (Å²) >= 11 is 0. The fraction of sp³-hybridized carbons (Fsp3) is 0.455. The fourth-order valence-electron chi connectivity index (χ4n) is 6.95. The Morgan fingerprint density at radius 1 is 0.388 bits per heavy atom. The molecule has 0 fully saturated rings. The van der Waals surface area contributed by atoms with Gasteiger partial charge in [0.2, 0.25) is 0 Å². The topological polar surface area (TPSA) is 88.1 Å². The molecule has 0 aliphatic heterocycles. The van der Waals surface area contributed by atoms with Gasteiger partial charge in [0.15, 0.2) is 0 Å². The summed E-state index contributed by atoms with van der Waals surface area (Å²) in [7, 11) is 0. The number of nitrogens with one attached hydrogen (secondary N) is 3. The van der Waals surface area contributed by atoms with Crippen LogP contribution in [0.2, 0.25) is 0 Å². The van der Waals surface area contributed by atoms with Crippen molar-refractivity contribution < 1.29 is 0 Å². The standard InChI is InChI=1S/C44H63N5/c1-33(45)42(30-26-38-19-11-6-12-20-38)48-35(3)44(32-28-40-23-15-8-16-24-40)49-36(4)43(31-27-39-21-13-7-14-22-39)47-34(2)41(46)29-25-37-17-9-5-10-18-37/h5-24,33-36,41-44,47-49H,25-32,45-46H2,1-4H3. The average molecular weight is 662 g/mol. The molecule has 5 nitrogen and oxygen atoms in total. The van der Waals surface area contributed by atoms with E-state index in [2.05, 4.69) is 165 Å². The quantitative estimate of drug-likeness (QED) is 0.0614. The first-order valence-electron chi connectivity index (χ1n) is 18.7. The van der Waals surface area contributed by atoms with Crippen molar-refractivity contribution in [3.05, 3.63) is 144 Å². The van der Waals surface area contributed by atoms with Gasteiger partial charge in [-0.05, 0) is 101 Å². The second-order valence-electron chi connectivity index (χ2n) is 14.3. The van der Waals surface area contributed by atoms with E-state index >= 15 is 0 Å². The molecular formula is C44H63N5. The second kappa shape index (κ2) is 21.0. The largest absolute Gasteiger partial charge is 0.327 e. The third-order valence-electron chi connectivity index (χ3n) is 10.3. The van der Waals surface area contributed by atoms with Crippen molar-refractivity contribution in [2.24, 2.45) is 11.5 Å². The molecule has 0 aromatic heterocycles. The van der Waals surface area contributed by atoms with Crippen LogP contribution in [0.4, 0.5) is 0 Å². The minimum Gasteiger partial charge on any atom is -0.327 e. The minimum absolute atomic E-state index is 0.0527. The fourth-order valence-corrected chi connectivity index (χ4v) is 6.95. The molecule has 4 aromatic rings. The van der Waals surface area contributed by atoms with Gasteiger partial charge in [-0.3, -0.25) is 0 Å². The normalized spacial score (nSPS) is 16.6. The number of hydrogen-bond acceptors (Lipinski definition) is 5. The number of rotatable bonds is 22. The summed E-state index contributed by atoms with van der Waals surface area (Å²) in [4.78, 5) is 0. The molecule has 264 valence electrons. The van der Waals surface area contributed by atoms with Crippen LogP contribution in [-0.2, 0) is 25.7 Å². The molecule has 0 heterocycles. The van der Waals surface area contributed by atoms with E-state index < -0.39 is 0 Å². The molecule has 4 rings (SSSR count). The van der Waals surface area contributed by atoms with Gasteiger partial charge >= 0.3 is 0 Å². The van der Waals surface area contributed by atoms with Gasteiger partial charge < -0.3 is 27.4 Å². The lowest BCUT2D eigenvalue weighted by Crippen LogP contribution is -2.60. The SMILES string of the molecule is CC(N)C(CCc1ccccc1)NC(C)C(CCc1ccccc1)NC(C)C(CCc1ccccc1)NC(C)C(N)CCc1ccccc1. The Morgan fingerprint density at radius 3 is 1.02 bits per heavy atom. The van der Waals surface area contributed by atoms with Crippen LogP contribution in [-0.4, -0.2) is 48.3 Å². The molecule has 0 amide bonds. The Hall–Kier alpha value is -3.32. The van der Waals surface area contributed by atoms with Crippen LogP contribution in [0.25, 0.3) is 0 Å². The Morgan fingerprint density at radius 2 is 0.673 bits per heavy atom. The Labute approximate surface area is 297 Å². The summed E-state index contributed by atoms with van der Waals surface area (Å²) in [5.74, 6) is 0. The molecule has 8 atom stereocenters. The second-order valence-corrected chi connectivity index (χ2v) is 14.3. The first-order valence-corrected chi connectivity index (χ1v) is 18.7. The predicted octanol–water partition coefficient (Wildman–Crippen LogP) is 7.23. The molecular weight excluding hydrogens is 599 g/mol. The van der Waals surface area contributed by atoms with E-state index in [4.69, 9.17) is 11.5 Å². The van der Waals surface area contributed by atoms with Crippen LogP contribution in [0.15, 0.2) is 121 Å². The smallest absolute Gasteiger partial charge is 0.0224 e. The number of hydrogen-bond donors (Lipinski definition) is 5. The minimum atomic E-state index is 0.0527. The molecule has 8 unspecified atom stereocenters. The maximum absolute atomic E-state index is 6.83. The molecule has 4 aromatic carbocycles. The monoisotopic (exact) mass is 662 g/mol. The van der Waals surface area contributed by atoms with E-state index in [1.165, 1.54) is 22.3 Å². The lowest BCUT2D eigenvalue weighted by Gasteiger charge is -2.37. The van der Waals surface area contributed by atoms with Crippen LogP contribution in [0.1, 0.15) is 75.6 Å². The molecule has 0 saturated heterocycles. The zero-order valence-corrected chi connectivity index (χ0v) is 30.5. The van der Waals surface area contributed by atoms with Gasteiger partial charge in [-0.2, -0.15) is 0 Å². The Bertz CT molecular complexity index is 1400. The summed E-state index contributed by atoms with van der Waals surface area (Å²) in [5, 5.41) is 12.1. The average Bonchev–Trinajstić information content (AvgIpc) is 3.13. The Kier molecular flexibility index (Phi) is 16.5.